The number of amides is 2. The van der Waals surface area contributed by atoms with E-state index in [1.54, 1.807) is 0 Å². The molecule has 1 aliphatic carbocycles. The molecule has 172 valence electrons. The fraction of sp³-hybridized carbons (Fsp3) is 0.704. The molecular weight excluding hydrogens is 398 g/mol. The van der Waals surface area contributed by atoms with Crippen LogP contribution >= 0.6 is 0 Å². The van der Waals surface area contributed by atoms with E-state index >= 15 is 0 Å². The molecular formula is C27H37N3O2. The van der Waals surface area contributed by atoms with Crippen molar-refractivity contribution in [3.63, 3.8) is 0 Å². The van der Waals surface area contributed by atoms with Crippen LogP contribution in [-0.4, -0.2) is 59.9 Å². The first-order valence-corrected chi connectivity index (χ1v) is 12.8. The highest BCUT2D eigenvalue weighted by Gasteiger charge is 2.57. The van der Waals surface area contributed by atoms with E-state index in [-0.39, 0.29) is 29.0 Å². The van der Waals surface area contributed by atoms with Gasteiger partial charge in [-0.25, -0.2) is 4.79 Å². The molecule has 0 spiro atoms. The Bertz CT molecular complexity index is 971. The number of likely N-dealkylation sites (tertiary alicyclic amines) is 2. The van der Waals surface area contributed by atoms with Gasteiger partial charge in [0.2, 0.25) is 0 Å². The number of carbonyl (C=O) groups is 1. The third-order valence-electron chi connectivity index (χ3n) is 9.61. The minimum Gasteiger partial charge on any atom is -0.372 e. The molecule has 32 heavy (non-hydrogen) atoms. The molecule has 2 bridgehead atoms. The highest BCUT2D eigenvalue weighted by atomic mass is 16.5. The molecule has 6 rings (SSSR count). The molecule has 1 aromatic carbocycles. The average molecular weight is 436 g/mol. The molecule has 5 aliphatic rings. The smallest absolute Gasteiger partial charge is 0.320 e. The molecule has 1 unspecified atom stereocenters. The second-order valence-corrected chi connectivity index (χ2v) is 11.5. The summed E-state index contributed by atoms with van der Waals surface area (Å²) in [7, 11) is 0. The zero-order chi connectivity index (χ0) is 22.1. The van der Waals surface area contributed by atoms with E-state index in [4.69, 9.17) is 9.73 Å². The topological polar surface area (TPSA) is 45.1 Å². The molecule has 0 radical (unpaired) electrons. The van der Waals surface area contributed by atoms with Gasteiger partial charge in [-0.1, -0.05) is 26.8 Å². The number of hydrogen-bond acceptors (Lipinski definition) is 3. The lowest BCUT2D eigenvalue weighted by Crippen LogP contribution is -2.66. The minimum atomic E-state index is 0.0254. The fourth-order valence-corrected chi connectivity index (χ4v) is 7.16. The normalized spacial score (nSPS) is 33.0. The van der Waals surface area contributed by atoms with Gasteiger partial charge in [-0.3, -0.25) is 4.99 Å². The van der Waals surface area contributed by atoms with Gasteiger partial charge in [-0.2, -0.15) is 0 Å². The highest BCUT2D eigenvalue weighted by Crippen LogP contribution is 2.57. The Morgan fingerprint density at radius 3 is 2.62 bits per heavy atom. The molecule has 0 saturated carbocycles. The number of carbonyl (C=O) groups excluding carboxylic acids is 1. The number of hydrogen-bond donors (Lipinski definition) is 0. The van der Waals surface area contributed by atoms with Gasteiger partial charge >= 0.3 is 6.03 Å². The van der Waals surface area contributed by atoms with Crippen LogP contribution in [0.5, 0.6) is 0 Å². The lowest BCUT2D eigenvalue weighted by Gasteiger charge is -2.61. The van der Waals surface area contributed by atoms with Gasteiger partial charge in [0, 0.05) is 44.1 Å². The van der Waals surface area contributed by atoms with Crippen LogP contribution in [0.25, 0.3) is 0 Å². The lowest BCUT2D eigenvalue weighted by molar-refractivity contribution is -0.0242. The Labute approximate surface area is 192 Å². The SMILES string of the molecule is CC1(C)[C@H]2Cc3cc4c(cc3[C@]1(C)CCN2C(=O)N1CCCCC1)N=C(C1CCCO1)C4. The number of fused-ring (bicyclic) bond motifs is 5. The third kappa shape index (κ3) is 2.92. The monoisotopic (exact) mass is 435 g/mol. The number of piperidine rings is 2. The first kappa shape index (κ1) is 20.7. The summed E-state index contributed by atoms with van der Waals surface area (Å²) in [5.74, 6) is 0. The van der Waals surface area contributed by atoms with Gasteiger partial charge in [0.05, 0.1) is 17.5 Å². The van der Waals surface area contributed by atoms with E-state index in [0.717, 1.165) is 76.9 Å². The van der Waals surface area contributed by atoms with Crippen molar-refractivity contribution < 1.29 is 9.53 Å². The molecule has 2 amide bonds. The van der Waals surface area contributed by atoms with Crippen molar-refractivity contribution >= 4 is 17.4 Å². The number of aliphatic imine (C=N–C) groups is 1. The molecule has 1 aromatic rings. The summed E-state index contributed by atoms with van der Waals surface area (Å²) in [5, 5.41) is 0. The van der Waals surface area contributed by atoms with Crippen LogP contribution in [-0.2, 0) is 23.0 Å². The van der Waals surface area contributed by atoms with E-state index in [1.807, 2.05) is 0 Å². The molecule has 0 aromatic heterocycles. The molecule has 5 nitrogen and oxygen atoms in total. The Balaban J connectivity index is 1.34. The van der Waals surface area contributed by atoms with Crippen LogP contribution < -0.4 is 0 Å². The van der Waals surface area contributed by atoms with Crippen LogP contribution in [0.3, 0.4) is 0 Å². The van der Waals surface area contributed by atoms with Crippen molar-refractivity contribution in [2.24, 2.45) is 10.4 Å². The van der Waals surface area contributed by atoms with E-state index in [9.17, 15) is 4.79 Å². The van der Waals surface area contributed by atoms with Gasteiger partial charge in [0.1, 0.15) is 0 Å². The zero-order valence-corrected chi connectivity index (χ0v) is 20.0. The third-order valence-corrected chi connectivity index (χ3v) is 9.61. The van der Waals surface area contributed by atoms with Crippen molar-refractivity contribution in [3.8, 4) is 0 Å². The minimum absolute atomic E-state index is 0.0254. The van der Waals surface area contributed by atoms with Gasteiger partial charge < -0.3 is 14.5 Å². The second-order valence-electron chi connectivity index (χ2n) is 11.5. The average Bonchev–Trinajstić information content (AvgIpc) is 3.45. The maximum absolute atomic E-state index is 13.6. The zero-order valence-electron chi connectivity index (χ0n) is 20.0. The van der Waals surface area contributed by atoms with Crippen molar-refractivity contribution in [1.82, 2.24) is 9.80 Å². The first-order chi connectivity index (χ1) is 15.4. The van der Waals surface area contributed by atoms with E-state index < -0.39 is 0 Å². The van der Waals surface area contributed by atoms with E-state index in [1.165, 1.54) is 28.8 Å². The Morgan fingerprint density at radius 1 is 1.06 bits per heavy atom. The quantitative estimate of drug-likeness (QED) is 0.622. The fourth-order valence-electron chi connectivity index (χ4n) is 7.16. The summed E-state index contributed by atoms with van der Waals surface area (Å²) in [5.41, 5.74) is 6.73. The van der Waals surface area contributed by atoms with Crippen LogP contribution in [0, 0.1) is 5.41 Å². The molecule has 3 atom stereocenters. The summed E-state index contributed by atoms with van der Waals surface area (Å²) < 4.78 is 5.93. The standard InChI is InChI=1S/C27H37N3O2/c1-26(2)24-16-18-14-19-15-22(23-8-7-13-32-23)28-21(19)17-20(18)27(26,3)9-12-30(24)25(31)29-10-5-4-6-11-29/h14,17,23-24H,4-13,15-16H2,1-3H3/t23?,24-,27+/m1/s1. The van der Waals surface area contributed by atoms with Crippen LogP contribution in [0.15, 0.2) is 17.1 Å². The molecule has 5 heteroatoms. The van der Waals surface area contributed by atoms with Crippen molar-refractivity contribution in [2.75, 3.05) is 26.2 Å². The Morgan fingerprint density at radius 2 is 1.88 bits per heavy atom. The molecule has 3 saturated heterocycles. The van der Waals surface area contributed by atoms with Gasteiger partial charge in [0.15, 0.2) is 0 Å². The summed E-state index contributed by atoms with van der Waals surface area (Å²) >= 11 is 0. The predicted molar refractivity (Wildman–Crippen MR) is 127 cm³/mol. The summed E-state index contributed by atoms with van der Waals surface area (Å²) in [4.78, 5) is 23.0. The Kier molecular flexibility index (Phi) is 4.73. The number of ether oxygens (including phenoxy) is 1. The number of nitrogens with zero attached hydrogens (tertiary/aromatic N) is 3. The maximum Gasteiger partial charge on any atom is 0.320 e. The molecule has 4 aliphatic heterocycles. The van der Waals surface area contributed by atoms with Crippen LogP contribution in [0.1, 0.15) is 76.0 Å². The van der Waals surface area contributed by atoms with Crippen molar-refractivity contribution in [3.05, 3.63) is 28.8 Å². The van der Waals surface area contributed by atoms with E-state index in [0.29, 0.717) is 0 Å². The largest absolute Gasteiger partial charge is 0.372 e. The number of urea groups is 1. The van der Waals surface area contributed by atoms with Gasteiger partial charge in [0.25, 0.3) is 0 Å². The Hall–Kier alpha value is -1.88. The lowest BCUT2D eigenvalue weighted by atomic mass is 9.51. The van der Waals surface area contributed by atoms with Crippen molar-refractivity contribution in [2.45, 2.75) is 89.7 Å². The number of benzene rings is 1. The predicted octanol–water partition coefficient (Wildman–Crippen LogP) is 5.01. The van der Waals surface area contributed by atoms with Gasteiger partial charge in [-0.15, -0.1) is 0 Å². The maximum atomic E-state index is 13.6. The van der Waals surface area contributed by atoms with Crippen molar-refractivity contribution in [1.29, 1.82) is 0 Å². The molecule has 3 fully saturated rings. The summed E-state index contributed by atoms with van der Waals surface area (Å²) in [6.45, 7) is 10.8. The molecule has 0 N–H and O–H groups in total. The van der Waals surface area contributed by atoms with Crippen LogP contribution in [0.4, 0.5) is 10.5 Å². The summed E-state index contributed by atoms with van der Waals surface area (Å²) in [6.07, 6.45) is 8.91. The number of rotatable bonds is 1. The second kappa shape index (κ2) is 7.31. The van der Waals surface area contributed by atoms with Gasteiger partial charge in [-0.05, 0) is 73.1 Å². The molecule has 4 heterocycles. The summed E-state index contributed by atoms with van der Waals surface area (Å²) in [6, 6.07) is 5.35. The highest BCUT2D eigenvalue weighted by molar-refractivity contribution is 5.97. The first-order valence-electron chi connectivity index (χ1n) is 12.8. The van der Waals surface area contributed by atoms with Crippen LogP contribution in [0.2, 0.25) is 0 Å². The van der Waals surface area contributed by atoms with E-state index in [2.05, 4.69) is 42.7 Å².